The molecule has 0 saturated heterocycles. The number of fused-ring (bicyclic) bond motifs is 1. The number of hydrogen-bond donors (Lipinski definition) is 1. The van der Waals surface area contributed by atoms with Crippen molar-refractivity contribution in [3.8, 4) is 0 Å². The molecular formula is C21H22FN3O2S. The molecule has 2 aromatic carbocycles. The average Bonchev–Trinajstić information content (AvgIpc) is 2.66. The first kappa shape index (κ1) is 20.1. The summed E-state index contributed by atoms with van der Waals surface area (Å²) in [5.74, 6) is -0.366. The molecule has 0 spiro atoms. The van der Waals surface area contributed by atoms with Gasteiger partial charge in [0, 0.05) is 6.04 Å². The maximum Gasteiger partial charge on any atom is 0.262 e. The third-order valence-electron chi connectivity index (χ3n) is 4.37. The van der Waals surface area contributed by atoms with Gasteiger partial charge in [-0.2, -0.15) is 0 Å². The van der Waals surface area contributed by atoms with Gasteiger partial charge in [0.25, 0.3) is 5.56 Å². The van der Waals surface area contributed by atoms with Gasteiger partial charge < -0.3 is 5.32 Å². The number of aromatic nitrogens is 2. The average molecular weight is 399 g/mol. The number of amides is 1. The third kappa shape index (κ3) is 4.42. The minimum absolute atomic E-state index is 0.0756. The second kappa shape index (κ2) is 8.56. The van der Waals surface area contributed by atoms with Crippen molar-refractivity contribution in [2.45, 2.75) is 38.0 Å². The van der Waals surface area contributed by atoms with Crippen molar-refractivity contribution >= 4 is 28.6 Å². The monoisotopic (exact) mass is 399 g/mol. The van der Waals surface area contributed by atoms with E-state index >= 15 is 0 Å². The highest BCUT2D eigenvalue weighted by Gasteiger charge is 2.16. The maximum atomic E-state index is 13.0. The Morgan fingerprint density at radius 3 is 2.50 bits per heavy atom. The van der Waals surface area contributed by atoms with Crippen LogP contribution in [-0.2, 0) is 4.79 Å². The Kier molecular flexibility index (Phi) is 6.14. The summed E-state index contributed by atoms with van der Waals surface area (Å²) in [4.78, 5) is 29.8. The molecule has 3 rings (SSSR count). The molecule has 1 N–H and O–H groups in total. The predicted octanol–water partition coefficient (Wildman–Crippen LogP) is 4.09. The molecule has 1 atom stereocenters. The van der Waals surface area contributed by atoms with Crippen LogP contribution in [0.4, 0.5) is 4.39 Å². The Labute approximate surface area is 167 Å². The van der Waals surface area contributed by atoms with Crippen LogP contribution in [0.3, 0.4) is 0 Å². The molecule has 28 heavy (non-hydrogen) atoms. The highest BCUT2D eigenvalue weighted by molar-refractivity contribution is 7.99. The first-order valence-corrected chi connectivity index (χ1v) is 10.0. The summed E-state index contributed by atoms with van der Waals surface area (Å²) in [6.07, 6.45) is 0. The van der Waals surface area contributed by atoms with Gasteiger partial charge in [0.15, 0.2) is 5.16 Å². The van der Waals surface area contributed by atoms with E-state index in [0.717, 1.165) is 5.56 Å². The summed E-state index contributed by atoms with van der Waals surface area (Å²) in [6.45, 7) is 5.67. The Bertz CT molecular complexity index is 1050. The molecular weight excluding hydrogens is 377 g/mol. The van der Waals surface area contributed by atoms with E-state index in [1.165, 1.54) is 23.9 Å². The Balaban J connectivity index is 1.75. The van der Waals surface area contributed by atoms with Gasteiger partial charge in [-0.15, -0.1) is 0 Å². The minimum atomic E-state index is -0.313. The summed E-state index contributed by atoms with van der Waals surface area (Å²) in [5, 5.41) is 3.97. The molecule has 146 valence electrons. The van der Waals surface area contributed by atoms with Crippen LogP contribution in [0, 0.1) is 5.82 Å². The summed E-state index contributed by atoms with van der Waals surface area (Å²) in [7, 11) is 0. The molecule has 3 aromatic rings. The molecule has 0 aliphatic carbocycles. The van der Waals surface area contributed by atoms with E-state index in [1.807, 2.05) is 32.9 Å². The number of carbonyl (C=O) groups excluding carboxylic acids is 1. The van der Waals surface area contributed by atoms with Crippen LogP contribution in [0.1, 0.15) is 38.4 Å². The molecule has 1 amide bonds. The number of para-hydroxylation sites is 1. The highest BCUT2D eigenvalue weighted by Crippen LogP contribution is 2.21. The summed E-state index contributed by atoms with van der Waals surface area (Å²) >= 11 is 1.23. The van der Waals surface area contributed by atoms with Crippen LogP contribution < -0.4 is 10.9 Å². The molecule has 0 aliphatic heterocycles. The fraction of sp³-hybridized carbons (Fsp3) is 0.286. The topological polar surface area (TPSA) is 64.0 Å². The normalized spacial score (nSPS) is 12.3. The van der Waals surface area contributed by atoms with E-state index in [-0.39, 0.29) is 35.1 Å². The smallest absolute Gasteiger partial charge is 0.262 e. The number of nitrogens with one attached hydrogen (secondary N) is 1. The van der Waals surface area contributed by atoms with Gasteiger partial charge in [-0.1, -0.05) is 36.0 Å². The highest BCUT2D eigenvalue weighted by atomic mass is 32.2. The van der Waals surface area contributed by atoms with Crippen LogP contribution in [0.25, 0.3) is 10.9 Å². The van der Waals surface area contributed by atoms with E-state index in [1.54, 1.807) is 28.8 Å². The Morgan fingerprint density at radius 1 is 1.14 bits per heavy atom. The van der Waals surface area contributed by atoms with Crippen molar-refractivity contribution < 1.29 is 9.18 Å². The number of nitrogens with zero attached hydrogens (tertiary/aromatic N) is 2. The lowest BCUT2D eigenvalue weighted by Gasteiger charge is -2.17. The standard InChI is InChI=1S/C21H22FN3O2S/c1-13(2)25-20(27)17-6-4-5-7-18(17)24-21(25)28-12-19(26)23-14(3)15-8-10-16(22)11-9-15/h4-11,13-14H,12H2,1-3H3,(H,23,26). The number of carbonyl (C=O) groups is 1. The zero-order valence-electron chi connectivity index (χ0n) is 16.0. The molecule has 0 fully saturated rings. The van der Waals surface area contributed by atoms with E-state index in [9.17, 15) is 14.0 Å². The van der Waals surface area contributed by atoms with Crippen molar-refractivity contribution in [3.63, 3.8) is 0 Å². The van der Waals surface area contributed by atoms with Crippen molar-refractivity contribution in [1.29, 1.82) is 0 Å². The fourth-order valence-corrected chi connectivity index (χ4v) is 3.87. The predicted molar refractivity (Wildman–Crippen MR) is 110 cm³/mol. The molecule has 5 nitrogen and oxygen atoms in total. The maximum absolute atomic E-state index is 13.0. The van der Waals surface area contributed by atoms with Crippen LogP contribution in [0.2, 0.25) is 0 Å². The molecule has 0 radical (unpaired) electrons. The lowest BCUT2D eigenvalue weighted by atomic mass is 10.1. The molecule has 7 heteroatoms. The zero-order chi connectivity index (χ0) is 20.3. The van der Waals surface area contributed by atoms with E-state index in [2.05, 4.69) is 10.3 Å². The molecule has 1 aromatic heterocycles. The lowest BCUT2D eigenvalue weighted by molar-refractivity contribution is -0.119. The Morgan fingerprint density at radius 2 is 1.82 bits per heavy atom. The van der Waals surface area contributed by atoms with Gasteiger partial charge in [-0.3, -0.25) is 14.2 Å². The number of halogens is 1. The molecule has 0 saturated carbocycles. The van der Waals surface area contributed by atoms with Crippen molar-refractivity contribution in [2.75, 3.05) is 5.75 Å². The summed E-state index contributed by atoms with van der Waals surface area (Å²) in [5.41, 5.74) is 1.33. The van der Waals surface area contributed by atoms with Gasteiger partial charge in [-0.05, 0) is 50.6 Å². The number of rotatable bonds is 6. The van der Waals surface area contributed by atoms with E-state index in [4.69, 9.17) is 0 Å². The van der Waals surface area contributed by atoms with Crippen LogP contribution >= 0.6 is 11.8 Å². The van der Waals surface area contributed by atoms with E-state index < -0.39 is 0 Å². The van der Waals surface area contributed by atoms with Crippen molar-refractivity contribution in [2.24, 2.45) is 0 Å². The first-order chi connectivity index (χ1) is 13.4. The lowest BCUT2D eigenvalue weighted by Crippen LogP contribution is -2.29. The first-order valence-electron chi connectivity index (χ1n) is 9.05. The number of benzene rings is 2. The van der Waals surface area contributed by atoms with Gasteiger partial charge in [0.1, 0.15) is 5.82 Å². The van der Waals surface area contributed by atoms with Crippen molar-refractivity contribution in [3.05, 3.63) is 70.3 Å². The van der Waals surface area contributed by atoms with Gasteiger partial charge in [-0.25, -0.2) is 9.37 Å². The van der Waals surface area contributed by atoms with Crippen LogP contribution in [0.15, 0.2) is 58.5 Å². The molecule has 0 aliphatic rings. The van der Waals surface area contributed by atoms with Gasteiger partial charge >= 0.3 is 0 Å². The van der Waals surface area contributed by atoms with Gasteiger partial charge in [0.05, 0.1) is 22.7 Å². The second-order valence-corrected chi connectivity index (χ2v) is 7.75. The Hall–Kier alpha value is -2.67. The molecule has 1 heterocycles. The third-order valence-corrected chi connectivity index (χ3v) is 5.32. The minimum Gasteiger partial charge on any atom is -0.349 e. The van der Waals surface area contributed by atoms with E-state index in [0.29, 0.717) is 16.1 Å². The second-order valence-electron chi connectivity index (χ2n) is 6.81. The fourth-order valence-electron chi connectivity index (χ4n) is 2.93. The van der Waals surface area contributed by atoms with Crippen LogP contribution in [-0.4, -0.2) is 21.2 Å². The quantitative estimate of drug-likeness (QED) is 0.501. The summed E-state index contributed by atoms with van der Waals surface area (Å²) < 4.78 is 14.7. The SMILES string of the molecule is CC(NC(=O)CSc1nc2ccccc2c(=O)n1C(C)C)c1ccc(F)cc1. The van der Waals surface area contributed by atoms with Crippen LogP contribution in [0.5, 0.6) is 0 Å². The van der Waals surface area contributed by atoms with Crippen molar-refractivity contribution in [1.82, 2.24) is 14.9 Å². The zero-order valence-corrected chi connectivity index (χ0v) is 16.8. The molecule has 0 bridgehead atoms. The largest absolute Gasteiger partial charge is 0.349 e. The summed E-state index contributed by atoms with van der Waals surface area (Å²) in [6, 6.07) is 12.9. The number of thioether (sulfide) groups is 1. The molecule has 1 unspecified atom stereocenters. The number of hydrogen-bond acceptors (Lipinski definition) is 4. The van der Waals surface area contributed by atoms with Gasteiger partial charge in [0.2, 0.25) is 5.91 Å².